The molecule has 7 heteroatoms. The number of rotatable bonds is 3. The molecule has 4 rings (SSSR count). The van der Waals surface area contributed by atoms with Gasteiger partial charge in [0.15, 0.2) is 0 Å². The van der Waals surface area contributed by atoms with Crippen molar-refractivity contribution in [3.8, 4) is 0 Å². The fourth-order valence-corrected chi connectivity index (χ4v) is 4.09. The lowest BCUT2D eigenvalue weighted by Gasteiger charge is -2.38. The van der Waals surface area contributed by atoms with Gasteiger partial charge in [-0.15, -0.1) is 0 Å². The van der Waals surface area contributed by atoms with E-state index in [4.69, 9.17) is 4.52 Å². The van der Waals surface area contributed by atoms with Crippen LogP contribution < -0.4 is 4.90 Å². The topological polar surface area (TPSA) is 75.4 Å². The van der Waals surface area contributed by atoms with E-state index >= 15 is 0 Å². The molecule has 2 atom stereocenters. The van der Waals surface area contributed by atoms with Gasteiger partial charge in [0, 0.05) is 37.6 Å². The zero-order chi connectivity index (χ0) is 17.4. The highest BCUT2D eigenvalue weighted by atomic mass is 16.5. The van der Waals surface area contributed by atoms with Crippen LogP contribution >= 0.6 is 0 Å². The lowest BCUT2D eigenvalue weighted by molar-refractivity contribution is -0.131. The van der Waals surface area contributed by atoms with Gasteiger partial charge in [-0.3, -0.25) is 4.79 Å². The Morgan fingerprint density at radius 2 is 2.00 bits per heavy atom. The number of carbonyl (C=O) groups excluding carboxylic acids is 1. The van der Waals surface area contributed by atoms with Gasteiger partial charge in [0.05, 0.1) is 18.2 Å². The highest BCUT2D eigenvalue weighted by Gasteiger charge is 2.41. The van der Waals surface area contributed by atoms with Crippen LogP contribution in [0.2, 0.25) is 0 Å². The number of amides is 1. The summed E-state index contributed by atoms with van der Waals surface area (Å²) >= 11 is 0. The number of likely N-dealkylation sites (tertiary alicyclic amines) is 1. The monoisotopic (exact) mass is 341 g/mol. The van der Waals surface area contributed by atoms with Gasteiger partial charge in [-0.1, -0.05) is 5.16 Å². The Morgan fingerprint density at radius 1 is 1.24 bits per heavy atom. The van der Waals surface area contributed by atoms with E-state index in [9.17, 15) is 4.79 Å². The average Bonchev–Trinajstić information content (AvgIpc) is 3.20. The first-order valence-corrected chi connectivity index (χ1v) is 8.86. The van der Waals surface area contributed by atoms with Crippen LogP contribution in [0.5, 0.6) is 0 Å². The number of piperidine rings is 1. The second kappa shape index (κ2) is 6.46. The normalized spacial score (nSPS) is 23.0. The molecule has 2 aliphatic rings. The van der Waals surface area contributed by atoms with E-state index in [-0.39, 0.29) is 11.9 Å². The van der Waals surface area contributed by atoms with Crippen molar-refractivity contribution < 1.29 is 9.32 Å². The SMILES string of the molecule is Cc1noc(C)c1CC(=O)N1CCC2CCN(c3ncccn3)CC21. The maximum Gasteiger partial charge on any atom is 0.227 e. The van der Waals surface area contributed by atoms with Gasteiger partial charge in [0.25, 0.3) is 0 Å². The molecule has 2 fully saturated rings. The number of aromatic nitrogens is 3. The number of nitrogens with zero attached hydrogens (tertiary/aromatic N) is 5. The number of fused-ring (bicyclic) bond motifs is 1. The van der Waals surface area contributed by atoms with E-state index < -0.39 is 0 Å². The van der Waals surface area contributed by atoms with Crippen molar-refractivity contribution in [2.75, 3.05) is 24.5 Å². The van der Waals surface area contributed by atoms with Crippen molar-refractivity contribution >= 4 is 11.9 Å². The zero-order valence-corrected chi connectivity index (χ0v) is 14.7. The fourth-order valence-electron chi connectivity index (χ4n) is 4.09. The molecule has 7 nitrogen and oxygen atoms in total. The molecule has 0 N–H and O–H groups in total. The minimum atomic E-state index is 0.165. The lowest BCUT2D eigenvalue weighted by Crippen LogP contribution is -2.50. The van der Waals surface area contributed by atoms with Crippen molar-refractivity contribution in [1.82, 2.24) is 20.0 Å². The Bertz CT molecular complexity index is 741. The third-order valence-electron chi connectivity index (χ3n) is 5.53. The molecule has 0 spiro atoms. The summed E-state index contributed by atoms with van der Waals surface area (Å²) in [6.07, 6.45) is 6.07. The number of hydrogen-bond acceptors (Lipinski definition) is 6. The van der Waals surface area contributed by atoms with Gasteiger partial charge >= 0.3 is 0 Å². The molecule has 0 aromatic carbocycles. The molecule has 132 valence electrons. The molecule has 4 heterocycles. The molecule has 2 aromatic rings. The first-order valence-electron chi connectivity index (χ1n) is 8.86. The number of hydrogen-bond donors (Lipinski definition) is 0. The first kappa shape index (κ1) is 16.1. The van der Waals surface area contributed by atoms with Crippen molar-refractivity contribution in [3.63, 3.8) is 0 Å². The maximum absolute atomic E-state index is 12.9. The molecule has 25 heavy (non-hydrogen) atoms. The summed E-state index contributed by atoms with van der Waals surface area (Å²) in [6, 6.07) is 2.07. The smallest absolute Gasteiger partial charge is 0.227 e. The van der Waals surface area contributed by atoms with Crippen LogP contribution in [0, 0.1) is 19.8 Å². The Balaban J connectivity index is 1.48. The molecule has 2 aromatic heterocycles. The van der Waals surface area contributed by atoms with Crippen LogP contribution in [0.15, 0.2) is 23.0 Å². The largest absolute Gasteiger partial charge is 0.361 e. The molecule has 2 saturated heterocycles. The van der Waals surface area contributed by atoms with Gasteiger partial charge in [-0.25, -0.2) is 9.97 Å². The Morgan fingerprint density at radius 3 is 2.72 bits per heavy atom. The summed E-state index contributed by atoms with van der Waals surface area (Å²) in [6.45, 7) is 6.35. The summed E-state index contributed by atoms with van der Waals surface area (Å²) < 4.78 is 5.19. The predicted octanol–water partition coefficient (Wildman–Crippen LogP) is 1.75. The maximum atomic E-state index is 12.9. The van der Waals surface area contributed by atoms with Crippen LogP contribution in [0.3, 0.4) is 0 Å². The van der Waals surface area contributed by atoms with E-state index in [1.54, 1.807) is 12.4 Å². The second-order valence-corrected chi connectivity index (χ2v) is 6.97. The molecule has 0 bridgehead atoms. The van der Waals surface area contributed by atoms with E-state index in [0.717, 1.165) is 55.4 Å². The fraction of sp³-hybridized carbons (Fsp3) is 0.556. The van der Waals surface area contributed by atoms with Crippen LogP contribution in [-0.2, 0) is 11.2 Å². The second-order valence-electron chi connectivity index (χ2n) is 6.97. The van der Waals surface area contributed by atoms with Gasteiger partial charge in [-0.2, -0.15) is 0 Å². The molecule has 2 unspecified atom stereocenters. The Labute approximate surface area is 147 Å². The van der Waals surface area contributed by atoms with Crippen LogP contribution in [0.1, 0.15) is 29.9 Å². The highest BCUT2D eigenvalue weighted by molar-refractivity contribution is 5.80. The summed E-state index contributed by atoms with van der Waals surface area (Å²) in [4.78, 5) is 25.9. The molecule has 0 radical (unpaired) electrons. The minimum absolute atomic E-state index is 0.165. The Hall–Kier alpha value is -2.44. The van der Waals surface area contributed by atoms with Crippen LogP contribution in [-0.4, -0.2) is 51.6 Å². The number of aryl methyl sites for hydroxylation is 2. The van der Waals surface area contributed by atoms with Gasteiger partial charge in [0.1, 0.15) is 5.76 Å². The third-order valence-corrected chi connectivity index (χ3v) is 5.53. The van der Waals surface area contributed by atoms with Crippen molar-refractivity contribution in [1.29, 1.82) is 0 Å². The summed E-state index contributed by atoms with van der Waals surface area (Å²) in [5.74, 6) is 2.24. The van der Waals surface area contributed by atoms with Crippen LogP contribution in [0.4, 0.5) is 5.95 Å². The Kier molecular flexibility index (Phi) is 4.15. The quantitative estimate of drug-likeness (QED) is 0.847. The number of anilines is 1. The van der Waals surface area contributed by atoms with Gasteiger partial charge in [0.2, 0.25) is 11.9 Å². The van der Waals surface area contributed by atoms with Crippen molar-refractivity contribution in [3.05, 3.63) is 35.5 Å². The third kappa shape index (κ3) is 2.99. The van der Waals surface area contributed by atoms with E-state index in [2.05, 4.69) is 20.0 Å². The first-order chi connectivity index (χ1) is 12.1. The molecule has 1 amide bonds. The molecule has 0 aliphatic carbocycles. The summed E-state index contributed by atoms with van der Waals surface area (Å²) in [7, 11) is 0. The van der Waals surface area contributed by atoms with Gasteiger partial charge in [-0.05, 0) is 38.7 Å². The summed E-state index contributed by atoms with van der Waals surface area (Å²) in [5, 5.41) is 3.96. The molecular weight excluding hydrogens is 318 g/mol. The standard InChI is InChI=1S/C18H23N5O2/c1-12-15(13(2)25-21-12)10-17(24)23-9-5-14-4-8-22(11-16(14)23)18-19-6-3-7-20-18/h3,6-7,14,16H,4-5,8-11H2,1-2H3. The zero-order valence-electron chi connectivity index (χ0n) is 14.7. The van der Waals surface area contributed by atoms with Crippen molar-refractivity contribution in [2.24, 2.45) is 5.92 Å². The van der Waals surface area contributed by atoms with E-state index in [1.165, 1.54) is 0 Å². The molecular formula is C18H23N5O2. The number of carbonyl (C=O) groups is 1. The van der Waals surface area contributed by atoms with Gasteiger partial charge < -0.3 is 14.3 Å². The van der Waals surface area contributed by atoms with E-state index in [0.29, 0.717) is 12.3 Å². The molecule has 2 aliphatic heterocycles. The minimum Gasteiger partial charge on any atom is -0.361 e. The van der Waals surface area contributed by atoms with Crippen molar-refractivity contribution in [2.45, 2.75) is 39.2 Å². The van der Waals surface area contributed by atoms with Crippen LogP contribution in [0.25, 0.3) is 0 Å². The average molecular weight is 341 g/mol. The van der Waals surface area contributed by atoms with E-state index in [1.807, 2.05) is 24.8 Å². The molecule has 0 saturated carbocycles. The predicted molar refractivity (Wildman–Crippen MR) is 92.2 cm³/mol. The highest BCUT2D eigenvalue weighted by Crippen LogP contribution is 2.33. The summed E-state index contributed by atoms with van der Waals surface area (Å²) in [5.41, 5.74) is 1.73. The lowest BCUT2D eigenvalue weighted by atomic mass is 9.92.